The van der Waals surface area contributed by atoms with E-state index < -0.39 is 16.7 Å². The topological polar surface area (TPSA) is 54.4 Å². The Morgan fingerprint density at radius 2 is 2.00 bits per heavy atom. The number of rotatable bonds is 3. The molecule has 0 aromatic rings. The van der Waals surface area contributed by atoms with Crippen molar-refractivity contribution in [3.05, 3.63) is 0 Å². The van der Waals surface area contributed by atoms with Crippen molar-refractivity contribution in [3.8, 4) is 0 Å². The van der Waals surface area contributed by atoms with E-state index in [1.807, 2.05) is 0 Å². The smallest absolute Gasteiger partial charge is 0.323 e. The van der Waals surface area contributed by atoms with Crippen LogP contribution in [-0.4, -0.2) is 28.1 Å². The highest BCUT2D eigenvalue weighted by atomic mass is 35.5. The van der Waals surface area contributed by atoms with Crippen molar-refractivity contribution < 1.29 is 14.7 Å². The zero-order valence-electron chi connectivity index (χ0n) is 4.25. The van der Waals surface area contributed by atoms with Crippen LogP contribution in [0.15, 0.2) is 0 Å². The largest absolute Gasteiger partial charge is 0.480 e. The van der Waals surface area contributed by atoms with Crippen LogP contribution in [-0.2, 0) is 9.59 Å². The van der Waals surface area contributed by atoms with Gasteiger partial charge in [0.25, 0.3) is 0 Å². The molecule has 0 aromatic carbocycles. The van der Waals surface area contributed by atoms with Crippen molar-refractivity contribution in [1.82, 2.24) is 0 Å². The molecule has 0 spiro atoms. The summed E-state index contributed by atoms with van der Waals surface area (Å²) in [5, 5.41) is 5.63. The van der Waals surface area contributed by atoms with E-state index in [2.05, 4.69) is 0 Å². The maximum Gasteiger partial charge on any atom is 0.323 e. The zero-order chi connectivity index (χ0) is 7.44. The Hall–Kier alpha value is -0.280. The molecule has 0 radical (unpaired) electrons. The third-order valence-electron chi connectivity index (χ3n) is 0.645. The van der Waals surface area contributed by atoms with Gasteiger partial charge in [-0.25, -0.2) is 0 Å². The fraction of sp³-hybridized carbons (Fsp3) is 0.500. The molecule has 0 aliphatic rings. The Morgan fingerprint density at radius 3 is 2.11 bits per heavy atom. The highest BCUT2D eigenvalue weighted by molar-refractivity contribution is 6.40. The maximum atomic E-state index is 9.92. The summed E-state index contributed by atoms with van der Waals surface area (Å²) in [4.78, 5) is 19.7. The molecule has 0 fully saturated rings. The minimum absolute atomic E-state index is 0.285. The molecule has 9 heavy (non-hydrogen) atoms. The molecule has 0 aliphatic carbocycles. The van der Waals surface area contributed by atoms with Crippen LogP contribution < -0.4 is 0 Å². The summed E-state index contributed by atoms with van der Waals surface area (Å²) >= 11 is 10.2. The van der Waals surface area contributed by atoms with Crippen LogP contribution in [0.4, 0.5) is 0 Å². The summed E-state index contributed by atoms with van der Waals surface area (Å²) < 4.78 is 0. The van der Waals surface area contributed by atoms with E-state index in [1.165, 1.54) is 0 Å². The predicted octanol–water partition coefficient (Wildman–Crippen LogP) is 0.485. The van der Waals surface area contributed by atoms with E-state index in [9.17, 15) is 9.59 Å². The van der Waals surface area contributed by atoms with Crippen LogP contribution in [0.5, 0.6) is 0 Å². The van der Waals surface area contributed by atoms with Gasteiger partial charge >= 0.3 is 5.97 Å². The van der Waals surface area contributed by atoms with E-state index in [0.717, 1.165) is 0 Å². The van der Waals surface area contributed by atoms with Gasteiger partial charge in [-0.3, -0.25) is 4.79 Å². The first-order valence-electron chi connectivity index (χ1n) is 2.06. The molecule has 2 atom stereocenters. The number of alkyl halides is 2. The van der Waals surface area contributed by atoms with Crippen molar-refractivity contribution >= 4 is 35.5 Å². The fourth-order valence-electron chi connectivity index (χ4n) is 0.205. The van der Waals surface area contributed by atoms with Gasteiger partial charge in [-0.15, -0.1) is 23.2 Å². The average Bonchev–Trinajstić information content (AvgIpc) is 1.84. The molecule has 0 rings (SSSR count). The van der Waals surface area contributed by atoms with Crippen LogP contribution in [0.25, 0.3) is 0 Å². The lowest BCUT2D eigenvalue weighted by Gasteiger charge is -2.02. The van der Waals surface area contributed by atoms with Gasteiger partial charge in [0.1, 0.15) is 11.7 Å². The summed E-state index contributed by atoms with van der Waals surface area (Å²) in [5.41, 5.74) is 0. The minimum atomic E-state index is -1.33. The number of aliphatic carboxylic acids is 1. The lowest BCUT2D eigenvalue weighted by atomic mass is 10.3. The van der Waals surface area contributed by atoms with Crippen molar-refractivity contribution in [3.63, 3.8) is 0 Å². The minimum Gasteiger partial charge on any atom is -0.480 e. The van der Waals surface area contributed by atoms with Crippen LogP contribution in [0.1, 0.15) is 0 Å². The third-order valence-corrected chi connectivity index (χ3v) is 1.59. The number of carbonyl (C=O) groups excluding carboxylic acids is 1. The van der Waals surface area contributed by atoms with Gasteiger partial charge in [0.05, 0.1) is 0 Å². The Bertz CT molecular complexity index is 125. The van der Waals surface area contributed by atoms with Crippen LogP contribution in [0, 0.1) is 0 Å². The second-order valence-corrected chi connectivity index (χ2v) is 2.29. The number of carboxylic acid groups (broad SMARTS) is 1. The molecule has 0 unspecified atom stereocenters. The fourth-order valence-corrected chi connectivity index (χ4v) is 0.372. The molecule has 52 valence electrons. The van der Waals surface area contributed by atoms with Gasteiger partial charge in [-0.1, -0.05) is 0 Å². The summed E-state index contributed by atoms with van der Waals surface area (Å²) in [7, 11) is 0. The molecular weight excluding hydrogens is 167 g/mol. The average molecular weight is 171 g/mol. The summed E-state index contributed by atoms with van der Waals surface area (Å²) in [6.45, 7) is 0. The van der Waals surface area contributed by atoms with Crippen LogP contribution in [0.2, 0.25) is 0 Å². The Labute approximate surface area is 61.6 Å². The van der Waals surface area contributed by atoms with Gasteiger partial charge < -0.3 is 9.90 Å². The molecule has 0 amide bonds. The van der Waals surface area contributed by atoms with Gasteiger partial charge in [-0.2, -0.15) is 0 Å². The monoisotopic (exact) mass is 170 g/mol. The molecule has 0 bridgehead atoms. The first-order chi connectivity index (χ1) is 4.09. The molecule has 0 heterocycles. The van der Waals surface area contributed by atoms with Gasteiger partial charge in [0.15, 0.2) is 5.38 Å². The number of halogens is 2. The number of carboxylic acids is 1. The summed E-state index contributed by atoms with van der Waals surface area (Å²) in [6.07, 6.45) is 0.285. The van der Waals surface area contributed by atoms with E-state index in [-0.39, 0.29) is 6.29 Å². The van der Waals surface area contributed by atoms with Gasteiger partial charge in [-0.05, 0) is 0 Å². The normalized spacial score (nSPS) is 16.2. The number of hydrogen-bond acceptors (Lipinski definition) is 2. The van der Waals surface area contributed by atoms with Crippen LogP contribution >= 0.6 is 23.2 Å². The molecule has 0 aromatic heterocycles. The summed E-state index contributed by atoms with van der Waals surface area (Å²) in [5.74, 6) is -1.29. The van der Waals surface area contributed by atoms with Gasteiger partial charge in [0.2, 0.25) is 0 Å². The SMILES string of the molecule is O=C[C@H](Cl)[C@H](Cl)C(=O)O. The van der Waals surface area contributed by atoms with Crippen LogP contribution in [0.3, 0.4) is 0 Å². The van der Waals surface area contributed by atoms with E-state index in [0.29, 0.717) is 0 Å². The Morgan fingerprint density at radius 1 is 1.56 bits per heavy atom. The third kappa shape index (κ3) is 2.67. The molecule has 3 nitrogen and oxygen atoms in total. The van der Waals surface area contributed by atoms with E-state index in [1.54, 1.807) is 0 Å². The van der Waals surface area contributed by atoms with Crippen molar-refractivity contribution in [2.45, 2.75) is 10.8 Å². The molecule has 0 saturated carbocycles. The second kappa shape index (κ2) is 3.69. The zero-order valence-corrected chi connectivity index (χ0v) is 5.76. The first kappa shape index (κ1) is 8.72. The second-order valence-electron chi connectivity index (χ2n) is 1.32. The highest BCUT2D eigenvalue weighted by Gasteiger charge is 2.22. The molecule has 5 heteroatoms. The number of carbonyl (C=O) groups is 2. The van der Waals surface area contributed by atoms with E-state index >= 15 is 0 Å². The van der Waals surface area contributed by atoms with Crippen molar-refractivity contribution in [2.75, 3.05) is 0 Å². The quantitative estimate of drug-likeness (QED) is 0.496. The Balaban J connectivity index is 3.86. The maximum absolute atomic E-state index is 9.92. The standard InChI is InChI=1S/C4H4Cl2O3/c5-2(1-7)3(6)4(8)9/h1-3H,(H,8,9)/t2-,3-/m0/s1. The van der Waals surface area contributed by atoms with Crippen molar-refractivity contribution in [2.24, 2.45) is 0 Å². The van der Waals surface area contributed by atoms with E-state index in [4.69, 9.17) is 28.3 Å². The molecule has 0 saturated heterocycles. The Kier molecular flexibility index (Phi) is 3.58. The molecular formula is C4H4Cl2O3. The van der Waals surface area contributed by atoms with Gasteiger partial charge in [0, 0.05) is 0 Å². The first-order valence-corrected chi connectivity index (χ1v) is 2.93. The molecule has 0 aliphatic heterocycles. The number of aldehydes is 1. The lowest BCUT2D eigenvalue weighted by Crippen LogP contribution is -2.25. The number of hydrogen-bond donors (Lipinski definition) is 1. The summed E-state index contributed by atoms with van der Waals surface area (Å²) in [6, 6.07) is 0. The predicted molar refractivity (Wildman–Crippen MR) is 33.0 cm³/mol. The lowest BCUT2D eigenvalue weighted by molar-refractivity contribution is -0.137. The van der Waals surface area contributed by atoms with Crippen molar-refractivity contribution in [1.29, 1.82) is 0 Å². The molecule has 1 N–H and O–H groups in total. The highest BCUT2D eigenvalue weighted by Crippen LogP contribution is 2.06.